The lowest BCUT2D eigenvalue weighted by Crippen LogP contribution is -2.28. The first-order chi connectivity index (χ1) is 7.35. The van der Waals surface area contributed by atoms with Crippen LogP contribution in [-0.2, 0) is 0 Å². The average Bonchev–Trinajstić information content (AvgIpc) is 2.74. The Balaban J connectivity index is 2.30. The standard InChI is InChI=1S/C10H15N5/c1-2-8(7-11)14-10-9-3-4-13-15(9)6-5-12-10/h3-6,8H,2,7,11H2,1H3,(H,12,14). The van der Waals surface area contributed by atoms with E-state index in [4.69, 9.17) is 5.73 Å². The Morgan fingerprint density at radius 1 is 1.53 bits per heavy atom. The van der Waals surface area contributed by atoms with Crippen molar-refractivity contribution >= 4 is 11.3 Å². The van der Waals surface area contributed by atoms with E-state index in [0.29, 0.717) is 6.54 Å². The fraction of sp³-hybridized carbons (Fsp3) is 0.400. The Morgan fingerprint density at radius 2 is 2.40 bits per heavy atom. The Bertz CT molecular complexity index is 432. The maximum atomic E-state index is 5.64. The number of nitrogens with two attached hydrogens (primary N) is 1. The van der Waals surface area contributed by atoms with E-state index in [0.717, 1.165) is 17.8 Å². The molecule has 0 fully saturated rings. The van der Waals surface area contributed by atoms with Crippen molar-refractivity contribution < 1.29 is 0 Å². The van der Waals surface area contributed by atoms with Gasteiger partial charge < -0.3 is 11.1 Å². The van der Waals surface area contributed by atoms with Gasteiger partial charge in [0.2, 0.25) is 0 Å². The van der Waals surface area contributed by atoms with Gasteiger partial charge in [-0.3, -0.25) is 0 Å². The predicted octanol–water partition coefficient (Wildman–Crippen LogP) is 0.878. The molecule has 2 aromatic rings. The molecule has 0 aliphatic rings. The first-order valence-electron chi connectivity index (χ1n) is 5.10. The second kappa shape index (κ2) is 4.27. The molecule has 3 N–H and O–H groups in total. The summed E-state index contributed by atoms with van der Waals surface area (Å²) in [6.45, 7) is 2.70. The predicted molar refractivity (Wildman–Crippen MR) is 59.7 cm³/mol. The molecule has 0 radical (unpaired) electrons. The Hall–Kier alpha value is -1.62. The number of aromatic nitrogens is 3. The van der Waals surface area contributed by atoms with Crippen LogP contribution in [0.5, 0.6) is 0 Å². The fourth-order valence-corrected chi connectivity index (χ4v) is 1.49. The molecule has 0 aliphatic heterocycles. The van der Waals surface area contributed by atoms with Crippen molar-refractivity contribution in [1.82, 2.24) is 14.6 Å². The number of hydrogen-bond acceptors (Lipinski definition) is 4. The molecule has 0 aromatic carbocycles. The van der Waals surface area contributed by atoms with Gasteiger partial charge in [0.1, 0.15) is 5.52 Å². The highest BCUT2D eigenvalue weighted by molar-refractivity contribution is 5.67. The Labute approximate surface area is 88.3 Å². The highest BCUT2D eigenvalue weighted by Crippen LogP contribution is 2.13. The van der Waals surface area contributed by atoms with Crippen molar-refractivity contribution in [2.24, 2.45) is 5.73 Å². The molecule has 0 amide bonds. The van der Waals surface area contributed by atoms with E-state index >= 15 is 0 Å². The van der Waals surface area contributed by atoms with Crippen molar-refractivity contribution in [1.29, 1.82) is 0 Å². The number of hydrogen-bond donors (Lipinski definition) is 2. The van der Waals surface area contributed by atoms with Gasteiger partial charge in [0.15, 0.2) is 5.82 Å². The van der Waals surface area contributed by atoms with Crippen molar-refractivity contribution in [2.75, 3.05) is 11.9 Å². The van der Waals surface area contributed by atoms with Crippen LogP contribution >= 0.6 is 0 Å². The van der Waals surface area contributed by atoms with E-state index in [9.17, 15) is 0 Å². The topological polar surface area (TPSA) is 68.2 Å². The highest BCUT2D eigenvalue weighted by Gasteiger charge is 2.07. The number of anilines is 1. The van der Waals surface area contributed by atoms with Crippen molar-refractivity contribution in [3.63, 3.8) is 0 Å². The van der Waals surface area contributed by atoms with Crippen LogP contribution in [0.4, 0.5) is 5.82 Å². The molecule has 0 bridgehead atoms. The maximum absolute atomic E-state index is 5.64. The summed E-state index contributed by atoms with van der Waals surface area (Å²) in [6.07, 6.45) is 6.29. The van der Waals surface area contributed by atoms with Crippen LogP contribution in [0, 0.1) is 0 Å². The van der Waals surface area contributed by atoms with E-state index in [2.05, 4.69) is 22.3 Å². The molecule has 2 rings (SSSR count). The van der Waals surface area contributed by atoms with Crippen molar-refractivity contribution in [3.05, 3.63) is 24.7 Å². The summed E-state index contributed by atoms with van der Waals surface area (Å²) in [4.78, 5) is 4.29. The molecule has 2 aromatic heterocycles. The molecule has 0 aliphatic carbocycles. The first kappa shape index (κ1) is 9.92. The van der Waals surface area contributed by atoms with Crippen LogP contribution in [0.1, 0.15) is 13.3 Å². The summed E-state index contributed by atoms with van der Waals surface area (Å²) in [5.41, 5.74) is 6.61. The number of fused-ring (bicyclic) bond motifs is 1. The lowest BCUT2D eigenvalue weighted by molar-refractivity contribution is 0.700. The third-order valence-corrected chi connectivity index (χ3v) is 2.44. The van der Waals surface area contributed by atoms with Crippen LogP contribution in [0.25, 0.3) is 5.52 Å². The lowest BCUT2D eigenvalue weighted by Gasteiger charge is -2.15. The van der Waals surface area contributed by atoms with Gasteiger partial charge >= 0.3 is 0 Å². The van der Waals surface area contributed by atoms with Crippen LogP contribution in [0.3, 0.4) is 0 Å². The third kappa shape index (κ3) is 1.92. The summed E-state index contributed by atoms with van der Waals surface area (Å²) >= 11 is 0. The van der Waals surface area contributed by atoms with E-state index in [1.165, 1.54) is 0 Å². The maximum Gasteiger partial charge on any atom is 0.152 e. The Kier molecular flexibility index (Phi) is 2.82. The summed E-state index contributed by atoms with van der Waals surface area (Å²) in [5, 5.41) is 7.45. The zero-order valence-electron chi connectivity index (χ0n) is 8.72. The minimum absolute atomic E-state index is 0.263. The molecular weight excluding hydrogens is 190 g/mol. The number of rotatable bonds is 4. The molecule has 1 unspecified atom stereocenters. The van der Waals surface area contributed by atoms with Crippen molar-refractivity contribution in [3.8, 4) is 0 Å². The molecule has 80 valence electrons. The normalized spacial score (nSPS) is 12.9. The van der Waals surface area contributed by atoms with E-state index in [-0.39, 0.29) is 6.04 Å². The SMILES string of the molecule is CCC(CN)Nc1nccn2nccc12. The molecule has 5 nitrogen and oxygen atoms in total. The fourth-order valence-electron chi connectivity index (χ4n) is 1.49. The summed E-state index contributed by atoms with van der Waals surface area (Å²) in [5.74, 6) is 0.840. The van der Waals surface area contributed by atoms with Crippen LogP contribution in [-0.4, -0.2) is 27.2 Å². The smallest absolute Gasteiger partial charge is 0.152 e. The molecular formula is C10H15N5. The minimum atomic E-state index is 0.263. The molecule has 0 spiro atoms. The highest BCUT2D eigenvalue weighted by atomic mass is 15.2. The van der Waals surface area contributed by atoms with Crippen LogP contribution in [0.15, 0.2) is 24.7 Å². The summed E-state index contributed by atoms with van der Waals surface area (Å²) < 4.78 is 1.79. The number of nitrogens with one attached hydrogen (secondary N) is 1. The van der Waals surface area contributed by atoms with E-state index in [1.54, 1.807) is 16.9 Å². The largest absolute Gasteiger partial charge is 0.364 e. The second-order valence-corrected chi connectivity index (χ2v) is 3.42. The van der Waals surface area contributed by atoms with Gasteiger partial charge in [-0.2, -0.15) is 5.10 Å². The van der Waals surface area contributed by atoms with Gasteiger partial charge in [-0.25, -0.2) is 9.50 Å². The van der Waals surface area contributed by atoms with Crippen molar-refractivity contribution in [2.45, 2.75) is 19.4 Å². The van der Waals surface area contributed by atoms with E-state index < -0.39 is 0 Å². The molecule has 5 heteroatoms. The molecule has 2 heterocycles. The first-order valence-corrected chi connectivity index (χ1v) is 5.10. The van der Waals surface area contributed by atoms with Gasteiger partial charge in [-0.05, 0) is 12.5 Å². The number of nitrogens with zero attached hydrogens (tertiary/aromatic N) is 3. The zero-order chi connectivity index (χ0) is 10.7. The van der Waals surface area contributed by atoms with Gasteiger partial charge in [-0.15, -0.1) is 0 Å². The molecule has 1 atom stereocenters. The second-order valence-electron chi connectivity index (χ2n) is 3.42. The van der Waals surface area contributed by atoms with Gasteiger partial charge in [0.25, 0.3) is 0 Å². The quantitative estimate of drug-likeness (QED) is 0.777. The zero-order valence-corrected chi connectivity index (χ0v) is 8.72. The monoisotopic (exact) mass is 205 g/mol. The lowest BCUT2D eigenvalue weighted by atomic mass is 10.2. The van der Waals surface area contributed by atoms with Crippen LogP contribution in [0.2, 0.25) is 0 Å². The van der Waals surface area contributed by atoms with E-state index in [1.807, 2.05) is 12.3 Å². The molecule has 15 heavy (non-hydrogen) atoms. The molecule has 0 saturated carbocycles. The Morgan fingerprint density at radius 3 is 3.13 bits per heavy atom. The minimum Gasteiger partial charge on any atom is -0.364 e. The average molecular weight is 205 g/mol. The van der Waals surface area contributed by atoms with Crippen LogP contribution < -0.4 is 11.1 Å². The molecule has 0 saturated heterocycles. The third-order valence-electron chi connectivity index (χ3n) is 2.44. The van der Waals surface area contributed by atoms with Gasteiger partial charge in [0.05, 0.1) is 6.20 Å². The summed E-state index contributed by atoms with van der Waals surface area (Å²) in [7, 11) is 0. The van der Waals surface area contributed by atoms with Gasteiger partial charge in [0, 0.05) is 25.0 Å². The van der Waals surface area contributed by atoms with Gasteiger partial charge in [-0.1, -0.05) is 6.92 Å². The summed E-state index contributed by atoms with van der Waals surface area (Å²) in [6, 6.07) is 2.19.